The van der Waals surface area contributed by atoms with Crippen LogP contribution in [0.5, 0.6) is 0 Å². The first-order valence-corrected chi connectivity index (χ1v) is 7.29. The number of amides is 1. The first kappa shape index (κ1) is 15.4. The lowest BCUT2D eigenvalue weighted by molar-refractivity contribution is -0.385. The van der Waals surface area contributed by atoms with Crippen LogP contribution in [0.2, 0.25) is 0 Å². The van der Waals surface area contributed by atoms with Crippen LogP contribution in [0, 0.1) is 27.5 Å². The van der Waals surface area contributed by atoms with Gasteiger partial charge < -0.3 is 5.32 Å². The Morgan fingerprint density at radius 1 is 1.24 bits per heavy atom. The molecule has 0 bridgehead atoms. The van der Waals surface area contributed by atoms with E-state index in [2.05, 4.69) is 27.9 Å². The molecule has 0 radical (unpaired) electrons. The summed E-state index contributed by atoms with van der Waals surface area (Å²) in [5.74, 6) is -0.347. The van der Waals surface area contributed by atoms with Crippen molar-refractivity contribution in [3.63, 3.8) is 0 Å². The summed E-state index contributed by atoms with van der Waals surface area (Å²) in [4.78, 5) is 22.7. The number of nitrogens with zero attached hydrogens (tertiary/aromatic N) is 1. The van der Waals surface area contributed by atoms with Gasteiger partial charge in [0, 0.05) is 26.5 Å². The van der Waals surface area contributed by atoms with E-state index in [9.17, 15) is 14.9 Å². The largest absolute Gasteiger partial charge is 0.322 e. The quantitative estimate of drug-likeness (QED) is 0.483. The van der Waals surface area contributed by atoms with E-state index in [1.165, 1.54) is 12.1 Å². The standard InChI is InChI=1S/C15H13IN2O3/c1-9-8-11(16)6-7-13(9)17-15(19)12-4-3-5-14(10(12)2)18(20)21/h3-8H,1-2H3,(H,17,19). The number of carbonyl (C=O) groups is 1. The van der Waals surface area contributed by atoms with Crippen LogP contribution in [0.15, 0.2) is 36.4 Å². The Morgan fingerprint density at radius 3 is 2.57 bits per heavy atom. The van der Waals surface area contributed by atoms with Gasteiger partial charge in [-0.2, -0.15) is 0 Å². The van der Waals surface area contributed by atoms with Crippen LogP contribution in [0.25, 0.3) is 0 Å². The van der Waals surface area contributed by atoms with Crippen LogP contribution in [-0.4, -0.2) is 10.8 Å². The zero-order valence-electron chi connectivity index (χ0n) is 11.5. The van der Waals surface area contributed by atoms with Crippen molar-refractivity contribution in [1.82, 2.24) is 0 Å². The molecule has 21 heavy (non-hydrogen) atoms. The van der Waals surface area contributed by atoms with Crippen LogP contribution in [-0.2, 0) is 0 Å². The van der Waals surface area contributed by atoms with Gasteiger partial charge in [-0.3, -0.25) is 14.9 Å². The van der Waals surface area contributed by atoms with Gasteiger partial charge in [0.25, 0.3) is 11.6 Å². The lowest BCUT2D eigenvalue weighted by Crippen LogP contribution is -2.14. The summed E-state index contributed by atoms with van der Waals surface area (Å²) in [5.41, 5.74) is 2.26. The number of anilines is 1. The van der Waals surface area contributed by atoms with E-state index in [0.29, 0.717) is 16.8 Å². The Bertz CT molecular complexity index is 729. The fourth-order valence-corrected chi connectivity index (χ4v) is 2.67. The van der Waals surface area contributed by atoms with Crippen molar-refractivity contribution >= 4 is 39.9 Å². The van der Waals surface area contributed by atoms with Crippen molar-refractivity contribution in [3.8, 4) is 0 Å². The van der Waals surface area contributed by atoms with Gasteiger partial charge >= 0.3 is 0 Å². The van der Waals surface area contributed by atoms with Gasteiger partial charge in [0.05, 0.1) is 4.92 Å². The normalized spacial score (nSPS) is 10.2. The van der Waals surface area contributed by atoms with Crippen LogP contribution in [0.3, 0.4) is 0 Å². The van der Waals surface area contributed by atoms with Crippen LogP contribution in [0.4, 0.5) is 11.4 Å². The van der Waals surface area contributed by atoms with Gasteiger partial charge in [0.15, 0.2) is 0 Å². The fraction of sp³-hybridized carbons (Fsp3) is 0.133. The highest BCUT2D eigenvalue weighted by Gasteiger charge is 2.18. The zero-order valence-corrected chi connectivity index (χ0v) is 13.7. The summed E-state index contributed by atoms with van der Waals surface area (Å²) in [6.07, 6.45) is 0. The molecule has 0 saturated carbocycles. The highest BCUT2D eigenvalue weighted by molar-refractivity contribution is 14.1. The van der Waals surface area contributed by atoms with E-state index in [0.717, 1.165) is 9.13 Å². The van der Waals surface area contributed by atoms with Crippen molar-refractivity contribution in [2.45, 2.75) is 13.8 Å². The molecule has 0 spiro atoms. The lowest BCUT2D eigenvalue weighted by atomic mass is 10.1. The number of nitro benzene ring substituents is 1. The van der Waals surface area contributed by atoms with E-state index in [-0.39, 0.29) is 11.6 Å². The maximum absolute atomic E-state index is 12.3. The van der Waals surface area contributed by atoms with E-state index < -0.39 is 4.92 Å². The Hall–Kier alpha value is -1.96. The summed E-state index contributed by atoms with van der Waals surface area (Å²) in [6, 6.07) is 10.2. The number of carbonyl (C=O) groups excluding carboxylic acids is 1. The van der Waals surface area contributed by atoms with Crippen LogP contribution in [0.1, 0.15) is 21.5 Å². The van der Waals surface area contributed by atoms with E-state index in [4.69, 9.17) is 0 Å². The predicted molar refractivity (Wildman–Crippen MR) is 89.7 cm³/mol. The minimum absolute atomic E-state index is 0.0537. The molecule has 0 heterocycles. The first-order chi connectivity index (χ1) is 9.90. The number of benzene rings is 2. The molecule has 1 amide bonds. The molecule has 2 rings (SSSR count). The van der Waals surface area contributed by atoms with Crippen molar-refractivity contribution in [2.24, 2.45) is 0 Å². The van der Waals surface area contributed by atoms with Gasteiger partial charge in [0.2, 0.25) is 0 Å². The predicted octanol–water partition coefficient (Wildman–Crippen LogP) is 4.07. The monoisotopic (exact) mass is 396 g/mol. The number of halogens is 1. The van der Waals surface area contributed by atoms with Gasteiger partial charge in [-0.05, 0) is 66.3 Å². The van der Waals surface area contributed by atoms with E-state index in [1.54, 1.807) is 13.0 Å². The third-order valence-electron chi connectivity index (χ3n) is 3.18. The van der Waals surface area contributed by atoms with Gasteiger partial charge in [-0.15, -0.1) is 0 Å². The summed E-state index contributed by atoms with van der Waals surface area (Å²) in [6.45, 7) is 3.48. The molecule has 6 heteroatoms. The summed E-state index contributed by atoms with van der Waals surface area (Å²) < 4.78 is 1.08. The zero-order chi connectivity index (χ0) is 15.6. The second-order valence-corrected chi connectivity index (χ2v) is 5.87. The van der Waals surface area contributed by atoms with Crippen molar-refractivity contribution in [3.05, 3.63) is 66.8 Å². The van der Waals surface area contributed by atoms with Crippen LogP contribution >= 0.6 is 22.6 Å². The minimum Gasteiger partial charge on any atom is -0.322 e. The van der Waals surface area contributed by atoms with Crippen LogP contribution < -0.4 is 5.32 Å². The Kier molecular flexibility index (Phi) is 4.56. The molecular formula is C15H13IN2O3. The Morgan fingerprint density at radius 2 is 1.95 bits per heavy atom. The van der Waals surface area contributed by atoms with Crippen molar-refractivity contribution in [2.75, 3.05) is 5.32 Å². The number of rotatable bonds is 3. The molecule has 0 saturated heterocycles. The van der Waals surface area contributed by atoms with Gasteiger partial charge in [0.1, 0.15) is 0 Å². The molecule has 108 valence electrons. The van der Waals surface area contributed by atoms with Gasteiger partial charge in [-0.25, -0.2) is 0 Å². The lowest BCUT2D eigenvalue weighted by Gasteiger charge is -2.10. The minimum atomic E-state index is -0.484. The molecule has 0 fully saturated rings. The summed E-state index contributed by atoms with van der Waals surface area (Å²) in [5, 5.41) is 13.7. The maximum atomic E-state index is 12.3. The molecular weight excluding hydrogens is 383 g/mol. The molecule has 0 aromatic heterocycles. The average Bonchev–Trinajstić information content (AvgIpc) is 2.41. The first-order valence-electron chi connectivity index (χ1n) is 6.21. The number of nitro groups is 1. The molecule has 2 aromatic rings. The third-order valence-corrected chi connectivity index (χ3v) is 3.85. The fourth-order valence-electron chi connectivity index (χ4n) is 2.02. The van der Waals surface area contributed by atoms with Crippen molar-refractivity contribution < 1.29 is 9.72 Å². The Balaban J connectivity index is 2.33. The SMILES string of the molecule is Cc1cc(I)ccc1NC(=O)c1cccc([N+](=O)[O-])c1C. The Labute approximate surface area is 135 Å². The molecule has 0 unspecified atom stereocenters. The molecule has 2 aromatic carbocycles. The number of aryl methyl sites for hydroxylation is 1. The molecule has 1 N–H and O–H groups in total. The smallest absolute Gasteiger partial charge is 0.273 e. The summed E-state index contributed by atoms with van der Waals surface area (Å²) in [7, 11) is 0. The number of hydrogen-bond donors (Lipinski definition) is 1. The highest BCUT2D eigenvalue weighted by atomic mass is 127. The third kappa shape index (κ3) is 3.38. The number of nitrogens with one attached hydrogen (secondary N) is 1. The van der Waals surface area contributed by atoms with E-state index in [1.807, 2.05) is 25.1 Å². The second-order valence-electron chi connectivity index (χ2n) is 4.62. The molecule has 0 atom stereocenters. The average molecular weight is 396 g/mol. The molecule has 0 aliphatic carbocycles. The van der Waals surface area contributed by atoms with Gasteiger partial charge in [-0.1, -0.05) is 6.07 Å². The van der Waals surface area contributed by atoms with Crippen molar-refractivity contribution in [1.29, 1.82) is 0 Å². The molecule has 0 aliphatic heterocycles. The topological polar surface area (TPSA) is 72.2 Å². The molecule has 5 nitrogen and oxygen atoms in total. The van der Waals surface area contributed by atoms with E-state index >= 15 is 0 Å². The second kappa shape index (κ2) is 6.21. The highest BCUT2D eigenvalue weighted by Crippen LogP contribution is 2.23. The molecule has 0 aliphatic rings. The number of hydrogen-bond acceptors (Lipinski definition) is 3. The summed E-state index contributed by atoms with van der Waals surface area (Å²) >= 11 is 2.20. The maximum Gasteiger partial charge on any atom is 0.273 e.